The highest BCUT2D eigenvalue weighted by Crippen LogP contribution is 2.26. The summed E-state index contributed by atoms with van der Waals surface area (Å²) in [6.45, 7) is 3.90. The van der Waals surface area contributed by atoms with Crippen LogP contribution in [0.2, 0.25) is 0 Å². The lowest BCUT2D eigenvalue weighted by molar-refractivity contribution is 0.699. The molecule has 0 aliphatic rings. The van der Waals surface area contributed by atoms with Gasteiger partial charge in [0, 0.05) is 46.1 Å². The highest BCUT2D eigenvalue weighted by atomic mass is 79.9. The fraction of sp³-hybridized carbons (Fsp3) is 0.364. The van der Waals surface area contributed by atoms with Gasteiger partial charge in [0.15, 0.2) is 0 Å². The standard InChI is InChI=1S/C11H14BrN3S/c1-8-11(12)3-10(16-8)6-13-4-9-5-14-15(2)7-9/h3,5,7,13H,4,6H2,1-2H3. The Balaban J connectivity index is 1.84. The molecule has 2 aromatic heterocycles. The van der Waals surface area contributed by atoms with E-state index >= 15 is 0 Å². The minimum absolute atomic E-state index is 0.863. The number of hydrogen-bond acceptors (Lipinski definition) is 3. The van der Waals surface area contributed by atoms with Gasteiger partial charge in [-0.3, -0.25) is 4.68 Å². The molecule has 2 rings (SSSR count). The van der Waals surface area contributed by atoms with Crippen molar-refractivity contribution in [3.8, 4) is 0 Å². The Hall–Kier alpha value is -0.650. The van der Waals surface area contributed by atoms with Gasteiger partial charge >= 0.3 is 0 Å². The number of aryl methyl sites for hydroxylation is 2. The molecule has 0 bridgehead atoms. The van der Waals surface area contributed by atoms with E-state index in [1.807, 2.05) is 35.5 Å². The highest BCUT2D eigenvalue weighted by Gasteiger charge is 2.02. The number of thiophene rings is 1. The molecule has 16 heavy (non-hydrogen) atoms. The number of nitrogens with one attached hydrogen (secondary N) is 1. The van der Waals surface area contributed by atoms with Crippen LogP contribution in [0.15, 0.2) is 22.9 Å². The molecule has 0 spiro atoms. The van der Waals surface area contributed by atoms with E-state index in [0.717, 1.165) is 13.1 Å². The number of nitrogens with zero attached hydrogens (tertiary/aromatic N) is 2. The van der Waals surface area contributed by atoms with Crippen LogP contribution in [0, 0.1) is 6.92 Å². The first-order valence-corrected chi connectivity index (χ1v) is 6.69. The van der Waals surface area contributed by atoms with E-state index in [0.29, 0.717) is 0 Å². The Morgan fingerprint density at radius 1 is 1.50 bits per heavy atom. The maximum atomic E-state index is 4.13. The van der Waals surface area contributed by atoms with Crippen molar-refractivity contribution < 1.29 is 0 Å². The van der Waals surface area contributed by atoms with Gasteiger partial charge in [0.2, 0.25) is 0 Å². The SMILES string of the molecule is Cc1sc(CNCc2cnn(C)c2)cc1Br. The van der Waals surface area contributed by atoms with E-state index in [4.69, 9.17) is 0 Å². The van der Waals surface area contributed by atoms with Crippen molar-refractivity contribution in [1.82, 2.24) is 15.1 Å². The zero-order valence-corrected chi connectivity index (χ0v) is 11.7. The van der Waals surface area contributed by atoms with E-state index in [9.17, 15) is 0 Å². The van der Waals surface area contributed by atoms with Gasteiger partial charge < -0.3 is 5.32 Å². The topological polar surface area (TPSA) is 29.9 Å². The molecular formula is C11H14BrN3S. The molecule has 0 saturated heterocycles. The van der Waals surface area contributed by atoms with Crippen LogP contribution < -0.4 is 5.32 Å². The van der Waals surface area contributed by atoms with Gasteiger partial charge in [-0.15, -0.1) is 11.3 Å². The van der Waals surface area contributed by atoms with Gasteiger partial charge in [-0.2, -0.15) is 5.10 Å². The molecule has 0 radical (unpaired) electrons. The van der Waals surface area contributed by atoms with Crippen LogP contribution in [0.4, 0.5) is 0 Å². The Bertz CT molecular complexity index is 456. The molecule has 2 heterocycles. The molecule has 86 valence electrons. The number of hydrogen-bond donors (Lipinski definition) is 1. The molecule has 0 fully saturated rings. The van der Waals surface area contributed by atoms with Crippen molar-refractivity contribution in [3.63, 3.8) is 0 Å². The molecule has 0 saturated carbocycles. The predicted octanol–water partition coefficient (Wildman–Crippen LogP) is 2.84. The van der Waals surface area contributed by atoms with Crippen molar-refractivity contribution in [3.05, 3.63) is 38.3 Å². The largest absolute Gasteiger partial charge is 0.308 e. The first kappa shape index (κ1) is 11.8. The van der Waals surface area contributed by atoms with Crippen LogP contribution in [0.1, 0.15) is 15.3 Å². The van der Waals surface area contributed by atoms with Crippen molar-refractivity contribution in [1.29, 1.82) is 0 Å². The minimum Gasteiger partial charge on any atom is -0.308 e. The predicted molar refractivity (Wildman–Crippen MR) is 70.5 cm³/mol. The molecule has 5 heteroatoms. The lowest BCUT2D eigenvalue weighted by atomic mass is 10.3. The average molecular weight is 300 g/mol. The summed E-state index contributed by atoms with van der Waals surface area (Å²) in [5.74, 6) is 0. The third-order valence-electron chi connectivity index (χ3n) is 2.29. The summed E-state index contributed by atoms with van der Waals surface area (Å²) in [6, 6.07) is 2.18. The second-order valence-electron chi connectivity index (χ2n) is 3.74. The third kappa shape index (κ3) is 2.93. The lowest BCUT2D eigenvalue weighted by Crippen LogP contribution is -2.11. The Kier molecular flexibility index (Phi) is 3.78. The Labute approximate surface area is 108 Å². The maximum absolute atomic E-state index is 4.13. The molecule has 2 aromatic rings. The zero-order valence-electron chi connectivity index (χ0n) is 9.33. The van der Waals surface area contributed by atoms with Gasteiger partial charge in [-0.25, -0.2) is 0 Å². The van der Waals surface area contributed by atoms with Crippen LogP contribution in [0.25, 0.3) is 0 Å². The van der Waals surface area contributed by atoms with E-state index in [-0.39, 0.29) is 0 Å². The average Bonchev–Trinajstić information content (AvgIpc) is 2.75. The number of rotatable bonds is 4. The summed E-state index contributed by atoms with van der Waals surface area (Å²) in [6.07, 6.45) is 3.92. The first-order valence-electron chi connectivity index (χ1n) is 5.08. The third-order valence-corrected chi connectivity index (χ3v) is 4.43. The lowest BCUT2D eigenvalue weighted by Gasteiger charge is -1.99. The monoisotopic (exact) mass is 299 g/mol. The van der Waals surface area contributed by atoms with Gasteiger partial charge in [-0.05, 0) is 28.9 Å². The number of halogens is 1. The second-order valence-corrected chi connectivity index (χ2v) is 5.94. The summed E-state index contributed by atoms with van der Waals surface area (Å²) in [5, 5.41) is 7.54. The molecular weight excluding hydrogens is 286 g/mol. The molecule has 0 aliphatic heterocycles. The fourth-order valence-electron chi connectivity index (χ4n) is 1.50. The highest BCUT2D eigenvalue weighted by molar-refractivity contribution is 9.10. The van der Waals surface area contributed by atoms with Crippen LogP contribution in [-0.4, -0.2) is 9.78 Å². The van der Waals surface area contributed by atoms with Crippen molar-refractivity contribution >= 4 is 27.3 Å². The van der Waals surface area contributed by atoms with Crippen LogP contribution in [0.5, 0.6) is 0 Å². The fourth-order valence-corrected chi connectivity index (χ4v) is 3.07. The van der Waals surface area contributed by atoms with Crippen LogP contribution in [0.3, 0.4) is 0 Å². The molecule has 0 aliphatic carbocycles. The molecule has 0 aromatic carbocycles. The normalized spacial score (nSPS) is 10.9. The van der Waals surface area contributed by atoms with Gasteiger partial charge in [0.25, 0.3) is 0 Å². The Morgan fingerprint density at radius 2 is 2.31 bits per heavy atom. The Morgan fingerprint density at radius 3 is 2.88 bits per heavy atom. The summed E-state index contributed by atoms with van der Waals surface area (Å²) in [5.41, 5.74) is 1.22. The van der Waals surface area contributed by atoms with Gasteiger partial charge in [0.05, 0.1) is 6.20 Å². The summed E-state index contributed by atoms with van der Waals surface area (Å²) < 4.78 is 3.03. The zero-order chi connectivity index (χ0) is 11.5. The first-order chi connectivity index (χ1) is 7.65. The molecule has 0 amide bonds. The van der Waals surface area contributed by atoms with E-state index in [1.165, 1.54) is 19.8 Å². The van der Waals surface area contributed by atoms with Crippen molar-refractivity contribution in [2.24, 2.45) is 7.05 Å². The molecule has 1 N–H and O–H groups in total. The number of aromatic nitrogens is 2. The summed E-state index contributed by atoms with van der Waals surface area (Å²) in [4.78, 5) is 2.69. The maximum Gasteiger partial charge on any atom is 0.0534 e. The molecule has 0 unspecified atom stereocenters. The van der Waals surface area contributed by atoms with Crippen molar-refractivity contribution in [2.45, 2.75) is 20.0 Å². The van der Waals surface area contributed by atoms with Gasteiger partial charge in [0.1, 0.15) is 0 Å². The summed E-state index contributed by atoms with van der Waals surface area (Å²) >= 11 is 5.35. The van der Waals surface area contributed by atoms with E-state index in [1.54, 1.807) is 0 Å². The quantitative estimate of drug-likeness (QED) is 0.941. The second kappa shape index (κ2) is 5.12. The smallest absolute Gasteiger partial charge is 0.0534 e. The van der Waals surface area contributed by atoms with E-state index < -0.39 is 0 Å². The van der Waals surface area contributed by atoms with Gasteiger partial charge in [-0.1, -0.05) is 0 Å². The summed E-state index contributed by atoms with van der Waals surface area (Å²) in [7, 11) is 1.93. The minimum atomic E-state index is 0.863. The molecule has 3 nitrogen and oxygen atoms in total. The molecule has 0 atom stereocenters. The van der Waals surface area contributed by atoms with Crippen molar-refractivity contribution in [2.75, 3.05) is 0 Å². The van der Waals surface area contributed by atoms with E-state index in [2.05, 4.69) is 39.3 Å². The van der Waals surface area contributed by atoms with Crippen LogP contribution >= 0.6 is 27.3 Å². The van der Waals surface area contributed by atoms with Crippen LogP contribution in [-0.2, 0) is 20.1 Å².